The van der Waals surface area contributed by atoms with Gasteiger partial charge in [0.05, 0.1) is 0 Å². The molecule has 0 saturated carbocycles. The average Bonchev–Trinajstić information content (AvgIpc) is 2.54. The van der Waals surface area contributed by atoms with Gasteiger partial charge in [-0.25, -0.2) is 9.50 Å². The number of hydrogen-bond acceptors (Lipinski definition) is 2. The molecule has 0 aliphatic rings. The highest BCUT2D eigenvalue weighted by Gasteiger charge is 1.94. The second-order valence-corrected chi connectivity index (χ2v) is 1.89. The molecule has 0 saturated heterocycles. The van der Waals surface area contributed by atoms with Crippen LogP contribution in [-0.2, 0) is 0 Å². The van der Waals surface area contributed by atoms with Crippen LogP contribution < -0.4 is 0 Å². The zero-order valence-corrected chi connectivity index (χ0v) is 7.03. The van der Waals surface area contributed by atoms with E-state index in [9.17, 15) is 4.39 Å². The summed E-state index contributed by atoms with van der Waals surface area (Å²) in [5, 5.41) is 3.52. The molecule has 0 spiro atoms. The SMILES string of the molecule is CC.Fc1ccc2nccn2n1. The van der Waals surface area contributed by atoms with E-state index >= 15 is 0 Å². The molecule has 2 heterocycles. The Balaban J connectivity index is 0.000000336. The Morgan fingerprint density at radius 2 is 2.08 bits per heavy atom. The molecule has 64 valence electrons. The second-order valence-electron chi connectivity index (χ2n) is 1.89. The lowest BCUT2D eigenvalue weighted by atomic mass is 10.5. The van der Waals surface area contributed by atoms with Gasteiger partial charge in [-0.1, -0.05) is 13.8 Å². The zero-order chi connectivity index (χ0) is 8.97. The van der Waals surface area contributed by atoms with Crippen LogP contribution in [0, 0.1) is 5.95 Å². The fourth-order valence-electron chi connectivity index (χ4n) is 0.792. The highest BCUT2D eigenvalue weighted by Crippen LogP contribution is 1.97. The van der Waals surface area contributed by atoms with Gasteiger partial charge in [-0.3, -0.25) is 0 Å². The van der Waals surface area contributed by atoms with E-state index in [4.69, 9.17) is 0 Å². The van der Waals surface area contributed by atoms with Crippen LogP contribution in [0.1, 0.15) is 13.8 Å². The van der Waals surface area contributed by atoms with Gasteiger partial charge in [0.2, 0.25) is 5.95 Å². The Morgan fingerprint density at radius 1 is 1.33 bits per heavy atom. The molecule has 0 unspecified atom stereocenters. The van der Waals surface area contributed by atoms with Crippen LogP contribution >= 0.6 is 0 Å². The predicted molar refractivity (Wildman–Crippen MR) is 44.3 cm³/mol. The molecule has 0 radical (unpaired) electrons. The fraction of sp³-hybridized carbons (Fsp3) is 0.250. The minimum atomic E-state index is -0.495. The molecular weight excluding hydrogens is 157 g/mol. The lowest BCUT2D eigenvalue weighted by Gasteiger charge is -1.88. The predicted octanol–water partition coefficient (Wildman–Crippen LogP) is 1.89. The maximum absolute atomic E-state index is 12.4. The van der Waals surface area contributed by atoms with E-state index in [2.05, 4.69) is 10.1 Å². The Bertz CT molecular complexity index is 356. The molecule has 12 heavy (non-hydrogen) atoms. The summed E-state index contributed by atoms with van der Waals surface area (Å²) in [7, 11) is 0. The van der Waals surface area contributed by atoms with E-state index in [-0.39, 0.29) is 0 Å². The number of aromatic nitrogens is 3. The molecule has 0 aliphatic heterocycles. The second kappa shape index (κ2) is 3.80. The maximum atomic E-state index is 12.4. The first kappa shape index (κ1) is 8.64. The average molecular weight is 167 g/mol. The first-order valence-electron chi connectivity index (χ1n) is 3.82. The molecule has 2 aromatic heterocycles. The summed E-state index contributed by atoms with van der Waals surface area (Å²) in [6.07, 6.45) is 3.17. The van der Waals surface area contributed by atoms with E-state index < -0.39 is 5.95 Å². The van der Waals surface area contributed by atoms with Crippen LogP contribution in [0.15, 0.2) is 24.5 Å². The van der Waals surface area contributed by atoms with E-state index in [0.29, 0.717) is 5.65 Å². The van der Waals surface area contributed by atoms with Crippen LogP contribution in [-0.4, -0.2) is 14.6 Å². The standard InChI is InChI=1S/C6H4FN3.C2H6/c7-5-1-2-6-8-3-4-10(6)9-5;1-2/h1-4H;1-2H3. The molecule has 0 fully saturated rings. The van der Waals surface area contributed by atoms with E-state index in [1.807, 2.05) is 13.8 Å². The molecule has 2 rings (SSSR count). The van der Waals surface area contributed by atoms with Crippen LogP contribution in [0.25, 0.3) is 5.65 Å². The topological polar surface area (TPSA) is 30.2 Å². The van der Waals surface area contributed by atoms with Gasteiger partial charge < -0.3 is 0 Å². The molecule has 0 atom stereocenters. The molecular formula is C8H10FN3. The zero-order valence-electron chi connectivity index (χ0n) is 7.03. The summed E-state index contributed by atoms with van der Waals surface area (Å²) in [5.74, 6) is -0.495. The third-order valence-corrected chi connectivity index (χ3v) is 1.22. The van der Waals surface area contributed by atoms with Gasteiger partial charge in [0.1, 0.15) is 0 Å². The third kappa shape index (κ3) is 1.58. The van der Waals surface area contributed by atoms with Crippen molar-refractivity contribution in [1.82, 2.24) is 14.6 Å². The summed E-state index contributed by atoms with van der Waals surface area (Å²) in [6.45, 7) is 4.00. The molecule has 3 nitrogen and oxygen atoms in total. The molecule has 0 aliphatic carbocycles. The summed E-state index contributed by atoms with van der Waals surface area (Å²) in [5.41, 5.74) is 0.654. The van der Waals surface area contributed by atoms with Crippen molar-refractivity contribution in [3.05, 3.63) is 30.5 Å². The minimum Gasteiger partial charge on any atom is -0.236 e. The fourth-order valence-corrected chi connectivity index (χ4v) is 0.792. The quantitative estimate of drug-likeness (QED) is 0.599. The van der Waals surface area contributed by atoms with Crippen molar-refractivity contribution in [1.29, 1.82) is 0 Å². The smallest absolute Gasteiger partial charge is 0.231 e. The maximum Gasteiger partial charge on any atom is 0.231 e. The van der Waals surface area contributed by atoms with Gasteiger partial charge in [-0.2, -0.15) is 4.39 Å². The van der Waals surface area contributed by atoms with Crippen molar-refractivity contribution in [2.75, 3.05) is 0 Å². The van der Waals surface area contributed by atoms with Crippen molar-refractivity contribution < 1.29 is 4.39 Å². The number of nitrogens with zero attached hydrogens (tertiary/aromatic N) is 3. The van der Waals surface area contributed by atoms with Crippen LogP contribution in [0.5, 0.6) is 0 Å². The van der Waals surface area contributed by atoms with E-state index in [1.165, 1.54) is 10.6 Å². The minimum absolute atomic E-state index is 0.495. The van der Waals surface area contributed by atoms with Gasteiger partial charge in [0.15, 0.2) is 5.65 Å². The molecule has 0 bridgehead atoms. The van der Waals surface area contributed by atoms with Crippen molar-refractivity contribution in [2.24, 2.45) is 0 Å². The molecule has 4 heteroatoms. The number of fused-ring (bicyclic) bond motifs is 1. The Hall–Kier alpha value is -1.45. The van der Waals surface area contributed by atoms with Gasteiger partial charge in [0, 0.05) is 12.4 Å². The highest BCUT2D eigenvalue weighted by atomic mass is 19.1. The Kier molecular flexibility index (Phi) is 2.74. The highest BCUT2D eigenvalue weighted by molar-refractivity contribution is 5.34. The van der Waals surface area contributed by atoms with E-state index in [1.54, 1.807) is 18.5 Å². The number of hydrogen-bond donors (Lipinski definition) is 0. The monoisotopic (exact) mass is 167 g/mol. The normalized spacial score (nSPS) is 9.25. The van der Waals surface area contributed by atoms with Gasteiger partial charge in [-0.05, 0) is 12.1 Å². The van der Waals surface area contributed by atoms with Crippen molar-refractivity contribution in [3.63, 3.8) is 0 Å². The van der Waals surface area contributed by atoms with Crippen LogP contribution in [0.2, 0.25) is 0 Å². The van der Waals surface area contributed by atoms with E-state index in [0.717, 1.165) is 0 Å². The van der Waals surface area contributed by atoms with Gasteiger partial charge in [0.25, 0.3) is 0 Å². The molecule has 0 aromatic carbocycles. The lowest BCUT2D eigenvalue weighted by Crippen LogP contribution is -1.92. The summed E-state index contributed by atoms with van der Waals surface area (Å²) >= 11 is 0. The Labute approximate surface area is 69.9 Å². The van der Waals surface area contributed by atoms with Gasteiger partial charge >= 0.3 is 0 Å². The summed E-state index contributed by atoms with van der Waals surface area (Å²) in [4.78, 5) is 3.89. The summed E-state index contributed by atoms with van der Waals surface area (Å²) < 4.78 is 13.7. The number of halogens is 1. The lowest BCUT2D eigenvalue weighted by molar-refractivity contribution is 0.555. The number of rotatable bonds is 0. The molecule has 0 amide bonds. The molecule has 2 aromatic rings. The van der Waals surface area contributed by atoms with Crippen molar-refractivity contribution >= 4 is 5.65 Å². The van der Waals surface area contributed by atoms with Crippen LogP contribution in [0.4, 0.5) is 4.39 Å². The largest absolute Gasteiger partial charge is 0.236 e. The van der Waals surface area contributed by atoms with Crippen molar-refractivity contribution in [3.8, 4) is 0 Å². The summed E-state index contributed by atoms with van der Waals surface area (Å²) in [6, 6.07) is 2.85. The van der Waals surface area contributed by atoms with Crippen LogP contribution in [0.3, 0.4) is 0 Å². The van der Waals surface area contributed by atoms with Gasteiger partial charge in [-0.15, -0.1) is 5.10 Å². The first-order chi connectivity index (χ1) is 5.86. The molecule has 0 N–H and O–H groups in total. The Morgan fingerprint density at radius 3 is 2.83 bits per heavy atom. The first-order valence-corrected chi connectivity index (χ1v) is 3.82. The van der Waals surface area contributed by atoms with Crippen molar-refractivity contribution in [2.45, 2.75) is 13.8 Å². The third-order valence-electron chi connectivity index (χ3n) is 1.22. The number of imidazole rings is 1.